The second-order valence-corrected chi connectivity index (χ2v) is 5.80. The van der Waals surface area contributed by atoms with Gasteiger partial charge in [0.15, 0.2) is 0 Å². The van der Waals surface area contributed by atoms with Gasteiger partial charge < -0.3 is 11.1 Å². The zero-order chi connectivity index (χ0) is 15.0. The fourth-order valence-electron chi connectivity index (χ4n) is 2.95. The quantitative estimate of drug-likeness (QED) is 0.887. The van der Waals surface area contributed by atoms with E-state index in [1.54, 1.807) is 0 Å². The van der Waals surface area contributed by atoms with Gasteiger partial charge in [0.1, 0.15) is 0 Å². The van der Waals surface area contributed by atoms with E-state index in [1.165, 1.54) is 16.7 Å². The van der Waals surface area contributed by atoms with Crippen molar-refractivity contribution >= 4 is 11.6 Å². The molecule has 3 N–H and O–H groups in total. The topological polar surface area (TPSA) is 55.1 Å². The Balaban J connectivity index is 1.95. The van der Waals surface area contributed by atoms with E-state index in [0.717, 1.165) is 23.2 Å². The number of carbonyl (C=O) groups excluding carboxylic acids is 1. The highest BCUT2D eigenvalue weighted by molar-refractivity contribution is 5.93. The highest BCUT2D eigenvalue weighted by atomic mass is 16.1. The lowest BCUT2D eigenvalue weighted by Crippen LogP contribution is -2.20. The predicted octanol–water partition coefficient (Wildman–Crippen LogP) is 3.24. The Morgan fingerprint density at radius 2 is 1.90 bits per heavy atom. The molecule has 1 amide bonds. The monoisotopic (exact) mass is 280 g/mol. The summed E-state index contributed by atoms with van der Waals surface area (Å²) in [6.07, 6.45) is 1.34. The average molecular weight is 280 g/mol. The molecule has 3 rings (SSSR count). The smallest absolute Gasteiger partial charge is 0.224 e. The van der Waals surface area contributed by atoms with E-state index in [4.69, 9.17) is 5.73 Å². The Hall–Kier alpha value is -2.13. The minimum absolute atomic E-state index is 0.0916. The van der Waals surface area contributed by atoms with Crippen LogP contribution in [0.2, 0.25) is 0 Å². The maximum absolute atomic E-state index is 11.4. The van der Waals surface area contributed by atoms with Gasteiger partial charge in [0.25, 0.3) is 0 Å². The normalized spacial score (nSPS) is 15.3. The van der Waals surface area contributed by atoms with E-state index < -0.39 is 0 Å². The highest BCUT2D eigenvalue weighted by Gasteiger charge is 2.17. The van der Waals surface area contributed by atoms with E-state index in [-0.39, 0.29) is 11.9 Å². The molecule has 0 radical (unpaired) electrons. The third-order valence-corrected chi connectivity index (χ3v) is 4.14. The first kappa shape index (κ1) is 13.8. The Morgan fingerprint density at radius 3 is 2.67 bits per heavy atom. The van der Waals surface area contributed by atoms with Crippen LogP contribution in [-0.4, -0.2) is 5.91 Å². The van der Waals surface area contributed by atoms with Crippen LogP contribution < -0.4 is 11.1 Å². The largest absolute Gasteiger partial charge is 0.326 e. The van der Waals surface area contributed by atoms with Gasteiger partial charge in [-0.1, -0.05) is 35.9 Å². The molecule has 0 saturated heterocycles. The fourth-order valence-corrected chi connectivity index (χ4v) is 2.95. The summed E-state index contributed by atoms with van der Waals surface area (Å²) in [4.78, 5) is 11.4. The molecule has 0 bridgehead atoms. The molecule has 21 heavy (non-hydrogen) atoms. The molecule has 1 heterocycles. The lowest BCUT2D eigenvalue weighted by Gasteiger charge is -2.21. The molecular weight excluding hydrogens is 260 g/mol. The molecule has 3 heteroatoms. The van der Waals surface area contributed by atoms with Gasteiger partial charge in [-0.2, -0.15) is 0 Å². The number of fused-ring (bicyclic) bond motifs is 1. The molecule has 1 aliphatic heterocycles. The zero-order valence-corrected chi connectivity index (χ0v) is 12.4. The Labute approximate surface area is 125 Å². The van der Waals surface area contributed by atoms with E-state index in [1.807, 2.05) is 12.1 Å². The molecule has 0 aliphatic carbocycles. The summed E-state index contributed by atoms with van der Waals surface area (Å²) >= 11 is 0. The van der Waals surface area contributed by atoms with Crippen LogP contribution in [0.15, 0.2) is 36.4 Å². The van der Waals surface area contributed by atoms with Gasteiger partial charge in [0.2, 0.25) is 5.91 Å². The number of aryl methyl sites for hydroxylation is 3. The standard InChI is InChI=1S/C18H20N2O/c1-11-3-6-15(12(2)9-11)18(19)14-4-7-16-13(10-14)5-8-17(21)20-16/h3-4,6-7,9-10,18H,5,8,19H2,1-2H3,(H,20,21). The van der Waals surface area contributed by atoms with Crippen molar-refractivity contribution in [1.82, 2.24) is 0 Å². The second kappa shape index (κ2) is 5.34. The minimum atomic E-state index is -0.131. The molecule has 1 atom stereocenters. The average Bonchev–Trinajstić information content (AvgIpc) is 2.46. The number of nitrogens with one attached hydrogen (secondary N) is 1. The summed E-state index contributed by atoms with van der Waals surface area (Å²) in [6.45, 7) is 4.19. The van der Waals surface area contributed by atoms with Crippen LogP contribution in [0.25, 0.3) is 0 Å². The van der Waals surface area contributed by atoms with Gasteiger partial charge in [-0.3, -0.25) is 4.79 Å². The number of benzene rings is 2. The number of hydrogen-bond acceptors (Lipinski definition) is 2. The molecule has 1 aliphatic rings. The van der Waals surface area contributed by atoms with Crippen molar-refractivity contribution in [2.24, 2.45) is 5.73 Å². The molecular formula is C18H20N2O. The molecule has 2 aromatic rings. The van der Waals surface area contributed by atoms with Crippen LogP contribution in [0.4, 0.5) is 5.69 Å². The summed E-state index contributed by atoms with van der Waals surface area (Å²) < 4.78 is 0. The van der Waals surface area contributed by atoms with E-state index >= 15 is 0 Å². The number of hydrogen-bond donors (Lipinski definition) is 2. The third-order valence-electron chi connectivity index (χ3n) is 4.14. The van der Waals surface area contributed by atoms with Crippen molar-refractivity contribution in [3.05, 3.63) is 64.2 Å². The van der Waals surface area contributed by atoms with Crippen LogP contribution in [0.1, 0.15) is 40.3 Å². The second-order valence-electron chi connectivity index (χ2n) is 5.80. The lowest BCUT2D eigenvalue weighted by molar-refractivity contribution is -0.116. The van der Waals surface area contributed by atoms with Crippen molar-refractivity contribution < 1.29 is 4.79 Å². The molecule has 0 saturated carbocycles. The number of rotatable bonds is 2. The minimum Gasteiger partial charge on any atom is -0.326 e. The Morgan fingerprint density at radius 1 is 1.10 bits per heavy atom. The van der Waals surface area contributed by atoms with E-state index in [9.17, 15) is 4.79 Å². The molecule has 3 nitrogen and oxygen atoms in total. The van der Waals surface area contributed by atoms with Crippen LogP contribution in [0, 0.1) is 13.8 Å². The summed E-state index contributed by atoms with van der Waals surface area (Å²) in [6, 6.07) is 12.3. The van der Waals surface area contributed by atoms with Gasteiger partial charge in [-0.15, -0.1) is 0 Å². The highest BCUT2D eigenvalue weighted by Crippen LogP contribution is 2.29. The summed E-state index contributed by atoms with van der Waals surface area (Å²) in [5, 5.41) is 2.90. The maximum Gasteiger partial charge on any atom is 0.224 e. The molecule has 108 valence electrons. The summed E-state index contributed by atoms with van der Waals surface area (Å²) in [7, 11) is 0. The third kappa shape index (κ3) is 2.69. The SMILES string of the molecule is Cc1ccc(C(N)c2ccc3c(c2)CCC(=O)N3)c(C)c1. The van der Waals surface area contributed by atoms with Crippen LogP contribution in [0.3, 0.4) is 0 Å². The summed E-state index contributed by atoms with van der Waals surface area (Å²) in [5.41, 5.74) is 13.2. The summed E-state index contributed by atoms with van der Waals surface area (Å²) in [5.74, 6) is 0.0916. The van der Waals surface area contributed by atoms with Crippen LogP contribution in [-0.2, 0) is 11.2 Å². The van der Waals surface area contributed by atoms with Gasteiger partial charge >= 0.3 is 0 Å². The predicted molar refractivity (Wildman–Crippen MR) is 85.3 cm³/mol. The molecule has 2 aromatic carbocycles. The van der Waals surface area contributed by atoms with E-state index in [2.05, 4.69) is 43.4 Å². The van der Waals surface area contributed by atoms with Gasteiger partial charge in [-0.25, -0.2) is 0 Å². The first-order chi connectivity index (χ1) is 10.0. The van der Waals surface area contributed by atoms with E-state index in [0.29, 0.717) is 6.42 Å². The first-order valence-electron chi connectivity index (χ1n) is 7.30. The van der Waals surface area contributed by atoms with Crippen molar-refractivity contribution in [3.63, 3.8) is 0 Å². The Bertz CT molecular complexity index is 706. The fraction of sp³-hybridized carbons (Fsp3) is 0.278. The molecule has 0 fully saturated rings. The number of nitrogens with two attached hydrogens (primary N) is 1. The van der Waals surface area contributed by atoms with Crippen molar-refractivity contribution in [2.75, 3.05) is 5.32 Å². The van der Waals surface area contributed by atoms with Crippen LogP contribution in [0.5, 0.6) is 0 Å². The maximum atomic E-state index is 11.4. The van der Waals surface area contributed by atoms with Gasteiger partial charge in [0.05, 0.1) is 6.04 Å². The van der Waals surface area contributed by atoms with Gasteiger partial charge in [-0.05, 0) is 48.6 Å². The zero-order valence-electron chi connectivity index (χ0n) is 12.4. The van der Waals surface area contributed by atoms with Gasteiger partial charge in [0, 0.05) is 12.1 Å². The van der Waals surface area contributed by atoms with Crippen molar-refractivity contribution in [1.29, 1.82) is 0 Å². The Kier molecular flexibility index (Phi) is 3.52. The first-order valence-corrected chi connectivity index (χ1v) is 7.30. The number of anilines is 1. The van der Waals surface area contributed by atoms with Crippen molar-refractivity contribution in [2.45, 2.75) is 32.7 Å². The molecule has 0 aromatic heterocycles. The van der Waals surface area contributed by atoms with Crippen molar-refractivity contribution in [3.8, 4) is 0 Å². The molecule has 0 spiro atoms. The lowest BCUT2D eigenvalue weighted by atomic mass is 9.91. The number of amides is 1. The number of carbonyl (C=O) groups is 1. The van der Waals surface area contributed by atoms with Crippen LogP contribution >= 0.6 is 0 Å². The molecule has 1 unspecified atom stereocenters.